The Bertz CT molecular complexity index is 955. The van der Waals surface area contributed by atoms with Crippen LogP contribution >= 0.6 is 12.2 Å². The first-order valence-corrected chi connectivity index (χ1v) is 9.99. The molecule has 29 heavy (non-hydrogen) atoms. The predicted molar refractivity (Wildman–Crippen MR) is 119 cm³/mol. The van der Waals surface area contributed by atoms with Crippen LogP contribution in [0.25, 0.3) is 0 Å². The zero-order chi connectivity index (χ0) is 21.0. The quantitative estimate of drug-likeness (QED) is 0.442. The van der Waals surface area contributed by atoms with Crippen LogP contribution in [-0.2, 0) is 0 Å². The lowest BCUT2D eigenvalue weighted by molar-refractivity contribution is -0.384. The molecule has 1 amide bonds. The van der Waals surface area contributed by atoms with Gasteiger partial charge in [-0.1, -0.05) is 6.07 Å². The van der Waals surface area contributed by atoms with Crippen molar-refractivity contribution in [1.29, 1.82) is 0 Å². The topological polar surface area (TPSA) is 87.5 Å². The van der Waals surface area contributed by atoms with Crippen molar-refractivity contribution in [2.75, 3.05) is 23.3 Å². The Kier molecular flexibility index (Phi) is 6.43. The maximum atomic E-state index is 12.6. The highest BCUT2D eigenvalue weighted by Crippen LogP contribution is 2.31. The number of carbonyl (C=O) groups is 1. The number of amides is 1. The molecule has 0 bridgehead atoms. The number of aryl methyl sites for hydroxylation is 2. The van der Waals surface area contributed by atoms with Crippen LogP contribution in [0.5, 0.6) is 0 Å². The summed E-state index contributed by atoms with van der Waals surface area (Å²) in [4.78, 5) is 25.7. The third-order valence-electron chi connectivity index (χ3n) is 5.12. The summed E-state index contributed by atoms with van der Waals surface area (Å²) in [5.74, 6) is -0.486. The van der Waals surface area contributed by atoms with E-state index in [0.717, 1.165) is 49.2 Å². The summed E-state index contributed by atoms with van der Waals surface area (Å²) in [6, 6.07) is 10.3. The second-order valence-electron chi connectivity index (χ2n) is 7.22. The van der Waals surface area contributed by atoms with Crippen LogP contribution in [0.2, 0.25) is 0 Å². The normalized spacial score (nSPS) is 13.7. The number of piperidine rings is 1. The van der Waals surface area contributed by atoms with Crippen molar-refractivity contribution in [3.63, 3.8) is 0 Å². The van der Waals surface area contributed by atoms with Crippen molar-refractivity contribution in [2.45, 2.75) is 33.1 Å². The molecule has 8 heteroatoms. The Labute approximate surface area is 175 Å². The molecule has 2 N–H and O–H groups in total. The predicted octanol–water partition coefficient (Wildman–Crippen LogP) is 4.33. The lowest BCUT2D eigenvalue weighted by atomic mass is 10.1. The summed E-state index contributed by atoms with van der Waals surface area (Å²) in [5.41, 5.74) is 3.72. The Morgan fingerprint density at radius 2 is 1.79 bits per heavy atom. The maximum absolute atomic E-state index is 12.6. The van der Waals surface area contributed by atoms with Gasteiger partial charge in [0.25, 0.3) is 11.6 Å². The number of anilines is 2. The summed E-state index contributed by atoms with van der Waals surface area (Å²) in [5, 5.41) is 17.3. The molecule has 0 spiro atoms. The molecule has 1 saturated heterocycles. The molecule has 0 atom stereocenters. The first-order valence-electron chi connectivity index (χ1n) is 9.58. The van der Waals surface area contributed by atoms with Gasteiger partial charge in [-0.2, -0.15) is 0 Å². The van der Waals surface area contributed by atoms with Crippen molar-refractivity contribution in [2.24, 2.45) is 0 Å². The molecule has 1 heterocycles. The van der Waals surface area contributed by atoms with E-state index in [4.69, 9.17) is 12.2 Å². The number of carbonyl (C=O) groups excluding carboxylic acids is 1. The van der Waals surface area contributed by atoms with Gasteiger partial charge in [-0.3, -0.25) is 20.2 Å². The Balaban J connectivity index is 1.72. The van der Waals surface area contributed by atoms with Crippen molar-refractivity contribution in [1.82, 2.24) is 5.32 Å². The van der Waals surface area contributed by atoms with Crippen LogP contribution in [0.4, 0.5) is 17.1 Å². The first kappa shape index (κ1) is 20.7. The zero-order valence-corrected chi connectivity index (χ0v) is 17.3. The summed E-state index contributed by atoms with van der Waals surface area (Å²) in [6.07, 6.45) is 3.16. The Hall–Kier alpha value is -3.00. The molecule has 3 rings (SSSR count). The molecule has 0 unspecified atom stereocenters. The number of nitro benzene ring substituents is 1. The molecular weight excluding hydrogens is 388 g/mol. The van der Waals surface area contributed by atoms with E-state index in [2.05, 4.69) is 10.6 Å². The van der Waals surface area contributed by atoms with Crippen molar-refractivity contribution in [3.8, 4) is 0 Å². The molecule has 2 aromatic rings. The van der Waals surface area contributed by atoms with Crippen molar-refractivity contribution < 1.29 is 9.72 Å². The van der Waals surface area contributed by atoms with Gasteiger partial charge in [0.15, 0.2) is 5.11 Å². The number of hydrogen-bond donors (Lipinski definition) is 2. The zero-order valence-electron chi connectivity index (χ0n) is 16.5. The van der Waals surface area contributed by atoms with Gasteiger partial charge in [-0.15, -0.1) is 0 Å². The van der Waals surface area contributed by atoms with Crippen molar-refractivity contribution in [3.05, 3.63) is 63.2 Å². The lowest BCUT2D eigenvalue weighted by Gasteiger charge is -2.28. The number of nitrogens with zero attached hydrogens (tertiary/aromatic N) is 2. The molecule has 0 saturated carbocycles. The second kappa shape index (κ2) is 9.00. The van der Waals surface area contributed by atoms with Gasteiger partial charge < -0.3 is 10.2 Å². The Morgan fingerprint density at radius 1 is 1.07 bits per heavy atom. The molecule has 2 aromatic carbocycles. The molecule has 0 aromatic heterocycles. The van der Waals surface area contributed by atoms with Gasteiger partial charge in [-0.05, 0) is 80.7 Å². The first-order chi connectivity index (χ1) is 13.8. The molecule has 7 nitrogen and oxygen atoms in total. The number of nitro groups is 1. The monoisotopic (exact) mass is 412 g/mol. The molecular formula is C21H24N4O3S. The fourth-order valence-corrected chi connectivity index (χ4v) is 3.58. The van der Waals surface area contributed by atoms with Gasteiger partial charge in [-0.25, -0.2) is 0 Å². The molecule has 152 valence electrons. The van der Waals surface area contributed by atoms with E-state index in [1.165, 1.54) is 6.07 Å². The van der Waals surface area contributed by atoms with E-state index in [0.29, 0.717) is 5.69 Å². The summed E-state index contributed by atoms with van der Waals surface area (Å²) < 4.78 is 0. The number of rotatable bonds is 4. The summed E-state index contributed by atoms with van der Waals surface area (Å²) in [6.45, 7) is 5.58. The molecule has 1 aliphatic heterocycles. The van der Waals surface area contributed by atoms with Crippen LogP contribution in [0.1, 0.15) is 40.7 Å². The van der Waals surface area contributed by atoms with E-state index in [1.54, 1.807) is 12.1 Å². The standard InChI is InChI=1S/C21H24N4O3S/c1-14-6-8-17(12-15(14)2)22-21(29)23-20(26)16-7-9-18(19(13-16)25(27)28)24-10-4-3-5-11-24/h6-9,12-13H,3-5,10-11H2,1-2H3,(H2,22,23,26,29). The average molecular weight is 413 g/mol. The van der Waals surface area contributed by atoms with Crippen LogP contribution in [0, 0.1) is 24.0 Å². The van der Waals surface area contributed by atoms with Crippen LogP contribution < -0.4 is 15.5 Å². The largest absolute Gasteiger partial charge is 0.366 e. The van der Waals surface area contributed by atoms with Gasteiger partial charge >= 0.3 is 0 Å². The minimum absolute atomic E-state index is 0.0624. The molecule has 0 aliphatic carbocycles. The maximum Gasteiger partial charge on any atom is 0.293 e. The third-order valence-corrected chi connectivity index (χ3v) is 5.33. The highest BCUT2D eigenvalue weighted by atomic mass is 32.1. The van der Waals surface area contributed by atoms with Crippen LogP contribution in [0.3, 0.4) is 0 Å². The minimum atomic E-state index is -0.486. The van der Waals surface area contributed by atoms with Gasteiger partial charge in [0, 0.05) is 30.4 Å². The highest BCUT2D eigenvalue weighted by Gasteiger charge is 2.23. The number of thiocarbonyl (C=S) groups is 1. The van der Waals surface area contributed by atoms with E-state index >= 15 is 0 Å². The van der Waals surface area contributed by atoms with Gasteiger partial charge in [0.05, 0.1) is 4.92 Å². The smallest absolute Gasteiger partial charge is 0.293 e. The fraction of sp³-hybridized carbons (Fsp3) is 0.333. The summed E-state index contributed by atoms with van der Waals surface area (Å²) >= 11 is 5.22. The van der Waals surface area contributed by atoms with Gasteiger partial charge in [0.2, 0.25) is 0 Å². The molecule has 1 fully saturated rings. The van der Waals surface area contributed by atoms with Crippen LogP contribution in [-0.4, -0.2) is 29.0 Å². The van der Waals surface area contributed by atoms with Crippen LogP contribution in [0.15, 0.2) is 36.4 Å². The second-order valence-corrected chi connectivity index (χ2v) is 7.62. The van der Waals surface area contributed by atoms with E-state index in [9.17, 15) is 14.9 Å². The SMILES string of the molecule is Cc1ccc(NC(=S)NC(=O)c2ccc(N3CCCCC3)c([N+](=O)[O-])c2)cc1C. The number of benzene rings is 2. The third kappa shape index (κ3) is 5.08. The fourth-order valence-electron chi connectivity index (χ4n) is 3.37. The average Bonchev–Trinajstić information content (AvgIpc) is 2.70. The Morgan fingerprint density at radius 3 is 2.45 bits per heavy atom. The minimum Gasteiger partial charge on any atom is -0.366 e. The molecule has 0 radical (unpaired) electrons. The van der Waals surface area contributed by atoms with E-state index in [-0.39, 0.29) is 16.4 Å². The van der Waals surface area contributed by atoms with E-state index < -0.39 is 10.8 Å². The van der Waals surface area contributed by atoms with Crippen molar-refractivity contribution >= 4 is 40.3 Å². The number of hydrogen-bond acceptors (Lipinski definition) is 5. The lowest BCUT2D eigenvalue weighted by Crippen LogP contribution is -2.34. The highest BCUT2D eigenvalue weighted by molar-refractivity contribution is 7.80. The van der Waals surface area contributed by atoms with Gasteiger partial charge in [0.1, 0.15) is 5.69 Å². The summed E-state index contributed by atoms with van der Waals surface area (Å²) in [7, 11) is 0. The number of nitrogens with one attached hydrogen (secondary N) is 2. The van der Waals surface area contributed by atoms with E-state index in [1.807, 2.05) is 36.9 Å². The molecule has 1 aliphatic rings.